The third-order valence-electron chi connectivity index (χ3n) is 3.02. The molecule has 0 saturated carbocycles. The molecular formula is C15H14N2O3. The number of aromatic nitrogens is 2. The molecule has 20 heavy (non-hydrogen) atoms. The van der Waals surface area contributed by atoms with Gasteiger partial charge in [0.15, 0.2) is 0 Å². The van der Waals surface area contributed by atoms with Gasteiger partial charge in [-0.1, -0.05) is 18.2 Å². The van der Waals surface area contributed by atoms with E-state index in [4.69, 9.17) is 9.15 Å². The lowest BCUT2D eigenvalue weighted by Crippen LogP contribution is -2.03. The highest BCUT2D eigenvalue weighted by atomic mass is 16.5. The summed E-state index contributed by atoms with van der Waals surface area (Å²) in [6, 6.07) is 11.3. The zero-order valence-corrected chi connectivity index (χ0v) is 11.3. The van der Waals surface area contributed by atoms with E-state index in [-0.39, 0.29) is 5.76 Å². The van der Waals surface area contributed by atoms with E-state index >= 15 is 0 Å². The van der Waals surface area contributed by atoms with Gasteiger partial charge >= 0.3 is 5.97 Å². The summed E-state index contributed by atoms with van der Waals surface area (Å²) in [5.41, 5.74) is 2.25. The maximum Gasteiger partial charge on any atom is 0.374 e. The molecule has 1 aromatic carbocycles. The summed E-state index contributed by atoms with van der Waals surface area (Å²) < 4.78 is 12.3. The first-order chi connectivity index (χ1) is 9.70. The van der Waals surface area contributed by atoms with Crippen LogP contribution in [0.1, 0.15) is 23.2 Å². The van der Waals surface area contributed by atoms with Crippen LogP contribution in [0.2, 0.25) is 0 Å². The van der Waals surface area contributed by atoms with Gasteiger partial charge in [-0.3, -0.25) is 0 Å². The summed E-state index contributed by atoms with van der Waals surface area (Å²) in [5.74, 6) is -0.255. The Morgan fingerprint density at radius 1 is 1.35 bits per heavy atom. The summed E-state index contributed by atoms with van der Waals surface area (Å²) in [6.07, 6.45) is 0. The number of esters is 1. The van der Waals surface area contributed by atoms with Gasteiger partial charge in [0.25, 0.3) is 0 Å². The molecule has 5 nitrogen and oxygen atoms in total. The van der Waals surface area contributed by atoms with Gasteiger partial charge in [0, 0.05) is 6.07 Å². The number of carbonyl (C=O) groups is 1. The number of hydrogen-bond acceptors (Lipinski definition) is 4. The molecule has 0 aliphatic heterocycles. The van der Waals surface area contributed by atoms with Crippen LogP contribution in [0, 0.1) is 6.92 Å². The Hall–Kier alpha value is -2.56. The second kappa shape index (κ2) is 4.85. The van der Waals surface area contributed by atoms with Crippen molar-refractivity contribution in [3.8, 4) is 5.69 Å². The number of benzene rings is 1. The summed E-state index contributed by atoms with van der Waals surface area (Å²) in [4.78, 5) is 11.7. The summed E-state index contributed by atoms with van der Waals surface area (Å²) in [7, 11) is 0. The molecule has 0 bridgehead atoms. The quantitative estimate of drug-likeness (QED) is 0.686. The smallest absolute Gasteiger partial charge is 0.374 e. The fourth-order valence-corrected chi connectivity index (χ4v) is 2.09. The Morgan fingerprint density at radius 3 is 2.80 bits per heavy atom. The van der Waals surface area contributed by atoms with Crippen LogP contribution in [0.5, 0.6) is 0 Å². The molecule has 3 rings (SSSR count). The largest absolute Gasteiger partial charge is 0.460 e. The average Bonchev–Trinajstić information content (AvgIpc) is 3.01. The van der Waals surface area contributed by atoms with Gasteiger partial charge in [-0.2, -0.15) is 9.78 Å². The summed E-state index contributed by atoms with van der Waals surface area (Å²) in [5, 5.41) is 5.25. The van der Waals surface area contributed by atoms with E-state index in [0.29, 0.717) is 12.3 Å². The molecule has 0 spiro atoms. The van der Waals surface area contributed by atoms with Crippen molar-refractivity contribution in [3.63, 3.8) is 0 Å². The van der Waals surface area contributed by atoms with E-state index in [1.807, 2.05) is 37.3 Å². The van der Waals surface area contributed by atoms with Crippen molar-refractivity contribution in [3.05, 3.63) is 47.9 Å². The molecule has 3 aromatic rings. The summed E-state index contributed by atoms with van der Waals surface area (Å²) in [6.45, 7) is 3.96. The number of rotatable bonds is 3. The van der Waals surface area contributed by atoms with E-state index in [1.54, 1.807) is 17.7 Å². The Labute approximate surface area is 115 Å². The van der Waals surface area contributed by atoms with Crippen LogP contribution in [0.3, 0.4) is 0 Å². The van der Waals surface area contributed by atoms with Crippen molar-refractivity contribution in [1.29, 1.82) is 0 Å². The number of hydrogen-bond donors (Lipinski definition) is 0. The van der Waals surface area contributed by atoms with Crippen LogP contribution in [0.15, 0.2) is 40.8 Å². The fraction of sp³-hybridized carbons (Fsp3) is 0.200. The molecule has 0 aliphatic carbocycles. The van der Waals surface area contributed by atoms with Crippen LogP contribution >= 0.6 is 0 Å². The van der Waals surface area contributed by atoms with E-state index in [2.05, 4.69) is 5.10 Å². The Balaban J connectivity index is 2.13. The Bertz CT molecular complexity index is 756. The highest BCUT2D eigenvalue weighted by molar-refractivity contribution is 5.92. The zero-order valence-electron chi connectivity index (χ0n) is 11.3. The van der Waals surface area contributed by atoms with Crippen LogP contribution in [-0.4, -0.2) is 22.4 Å². The van der Waals surface area contributed by atoms with Crippen molar-refractivity contribution < 1.29 is 13.9 Å². The number of aryl methyl sites for hydroxylation is 1. The third-order valence-corrected chi connectivity index (χ3v) is 3.02. The van der Waals surface area contributed by atoms with E-state index in [9.17, 15) is 4.79 Å². The number of carbonyl (C=O) groups excluding carboxylic acids is 1. The molecule has 0 unspecified atom stereocenters. The molecule has 5 heteroatoms. The van der Waals surface area contributed by atoms with Gasteiger partial charge in [-0.15, -0.1) is 0 Å². The first kappa shape index (κ1) is 12.5. The molecule has 2 aromatic heterocycles. The van der Waals surface area contributed by atoms with E-state index < -0.39 is 5.97 Å². The van der Waals surface area contributed by atoms with Gasteiger partial charge in [0.05, 0.1) is 23.4 Å². The topological polar surface area (TPSA) is 57.3 Å². The standard InChI is InChI=1S/C15H14N2O3/c1-3-19-15(18)13-9-12-10(2)16-17(14(12)20-13)11-7-5-4-6-8-11/h4-9H,3H2,1-2H3. The molecule has 0 radical (unpaired) electrons. The van der Waals surface area contributed by atoms with Gasteiger partial charge in [-0.05, 0) is 26.0 Å². The minimum Gasteiger partial charge on any atom is -0.460 e. The Kier molecular flexibility index (Phi) is 3.02. The molecule has 102 valence electrons. The highest BCUT2D eigenvalue weighted by Gasteiger charge is 2.19. The van der Waals surface area contributed by atoms with Crippen molar-refractivity contribution in [2.75, 3.05) is 6.61 Å². The second-order valence-electron chi connectivity index (χ2n) is 4.38. The molecule has 0 atom stereocenters. The molecule has 0 amide bonds. The van der Waals surface area contributed by atoms with E-state index in [0.717, 1.165) is 16.8 Å². The predicted molar refractivity (Wildman–Crippen MR) is 74.0 cm³/mol. The molecule has 2 heterocycles. The SMILES string of the molecule is CCOC(=O)c1cc2c(C)nn(-c3ccccc3)c2o1. The molecule has 0 fully saturated rings. The molecule has 0 aliphatic rings. The van der Waals surface area contributed by atoms with Crippen molar-refractivity contribution in [2.24, 2.45) is 0 Å². The van der Waals surface area contributed by atoms with Crippen LogP contribution in [0.25, 0.3) is 16.8 Å². The average molecular weight is 270 g/mol. The van der Waals surface area contributed by atoms with Crippen molar-refractivity contribution in [2.45, 2.75) is 13.8 Å². The lowest BCUT2D eigenvalue weighted by atomic mass is 10.3. The van der Waals surface area contributed by atoms with Crippen LogP contribution < -0.4 is 0 Å². The lowest BCUT2D eigenvalue weighted by molar-refractivity contribution is 0.0492. The van der Waals surface area contributed by atoms with E-state index in [1.165, 1.54) is 0 Å². The van der Waals surface area contributed by atoms with Gasteiger partial charge < -0.3 is 9.15 Å². The summed E-state index contributed by atoms with van der Waals surface area (Å²) >= 11 is 0. The first-order valence-electron chi connectivity index (χ1n) is 6.42. The lowest BCUT2D eigenvalue weighted by Gasteiger charge is -2.01. The number of nitrogens with zero attached hydrogens (tertiary/aromatic N) is 2. The number of ether oxygens (including phenoxy) is 1. The van der Waals surface area contributed by atoms with Gasteiger partial charge in [-0.25, -0.2) is 4.79 Å². The normalized spacial score (nSPS) is 10.9. The maximum atomic E-state index is 11.7. The monoisotopic (exact) mass is 270 g/mol. The molecule has 0 N–H and O–H groups in total. The first-order valence-corrected chi connectivity index (χ1v) is 6.42. The third kappa shape index (κ3) is 1.97. The molecule has 0 saturated heterocycles. The zero-order chi connectivity index (χ0) is 14.1. The van der Waals surface area contributed by atoms with Gasteiger partial charge in [0.1, 0.15) is 0 Å². The number of fused-ring (bicyclic) bond motifs is 1. The fourth-order valence-electron chi connectivity index (χ4n) is 2.09. The minimum atomic E-state index is -0.456. The second-order valence-corrected chi connectivity index (χ2v) is 4.38. The molecular weight excluding hydrogens is 256 g/mol. The van der Waals surface area contributed by atoms with Gasteiger partial charge in [0.2, 0.25) is 11.5 Å². The highest BCUT2D eigenvalue weighted by Crippen LogP contribution is 2.25. The van der Waals surface area contributed by atoms with Crippen LogP contribution in [-0.2, 0) is 4.74 Å². The van der Waals surface area contributed by atoms with Crippen molar-refractivity contribution >= 4 is 17.1 Å². The number of para-hydroxylation sites is 1. The predicted octanol–water partition coefficient (Wildman–Crippen LogP) is 3.10. The minimum absolute atomic E-state index is 0.201. The van der Waals surface area contributed by atoms with Crippen LogP contribution in [0.4, 0.5) is 0 Å². The Morgan fingerprint density at radius 2 is 2.10 bits per heavy atom. The number of furan rings is 1. The van der Waals surface area contributed by atoms with Crippen molar-refractivity contribution in [1.82, 2.24) is 9.78 Å². The maximum absolute atomic E-state index is 11.7.